The lowest BCUT2D eigenvalue weighted by Crippen LogP contribution is -2.45. The van der Waals surface area contributed by atoms with Crippen molar-refractivity contribution in [3.8, 4) is 0 Å². The Morgan fingerprint density at radius 3 is 0.962 bits per heavy atom. The molecule has 466 valence electrons. The molecule has 2 unspecified atom stereocenters. The largest absolute Gasteiger partial charge is 0.466 e. The molecule has 0 saturated carbocycles. The van der Waals surface area contributed by atoms with Crippen LogP contribution >= 0.6 is 0 Å². The summed E-state index contributed by atoms with van der Waals surface area (Å²) in [4.78, 5) is 24.6. The third-order valence-corrected chi connectivity index (χ3v) is 16.7. The van der Waals surface area contributed by atoms with E-state index in [1.807, 2.05) is 6.08 Å². The summed E-state index contributed by atoms with van der Waals surface area (Å²) in [6.07, 6.45) is 88.0. The molecule has 0 radical (unpaired) electrons. The number of hydrogen-bond acceptors (Lipinski definition) is 5. The lowest BCUT2D eigenvalue weighted by molar-refractivity contribution is -0.143. The van der Waals surface area contributed by atoms with Crippen LogP contribution in [0.5, 0.6) is 0 Å². The van der Waals surface area contributed by atoms with E-state index in [-0.39, 0.29) is 18.5 Å². The van der Waals surface area contributed by atoms with Crippen molar-refractivity contribution in [2.75, 3.05) is 13.2 Å². The fourth-order valence-electron chi connectivity index (χ4n) is 11.2. The van der Waals surface area contributed by atoms with Gasteiger partial charge in [-0.15, -0.1) is 0 Å². The van der Waals surface area contributed by atoms with E-state index in [0.717, 1.165) is 44.9 Å². The topological polar surface area (TPSA) is 95.9 Å². The van der Waals surface area contributed by atoms with Gasteiger partial charge in [0.15, 0.2) is 0 Å². The first-order chi connectivity index (χ1) is 39.0. The minimum atomic E-state index is -0.846. The molecule has 79 heavy (non-hydrogen) atoms. The summed E-state index contributed by atoms with van der Waals surface area (Å²) in [5, 5.41) is 23.3. The average Bonchev–Trinajstić information content (AvgIpc) is 3.45. The monoisotopic (exact) mass is 1110 g/mol. The Morgan fingerprint density at radius 1 is 0.354 bits per heavy atom. The van der Waals surface area contributed by atoms with Gasteiger partial charge < -0.3 is 20.3 Å². The molecular weight excluding hydrogens is 971 g/mol. The molecule has 6 heteroatoms. The fraction of sp³-hybridized carbons (Fsp3) is 0.890. The van der Waals surface area contributed by atoms with E-state index < -0.39 is 12.1 Å². The highest BCUT2D eigenvalue weighted by Crippen LogP contribution is 2.18. The first kappa shape index (κ1) is 77.1. The van der Waals surface area contributed by atoms with Gasteiger partial charge in [0.2, 0.25) is 5.91 Å². The van der Waals surface area contributed by atoms with Crippen molar-refractivity contribution in [2.24, 2.45) is 0 Å². The minimum Gasteiger partial charge on any atom is -0.466 e. The predicted molar refractivity (Wildman–Crippen MR) is 347 cm³/mol. The van der Waals surface area contributed by atoms with Crippen LogP contribution in [0, 0.1) is 0 Å². The summed E-state index contributed by atoms with van der Waals surface area (Å²) < 4.78 is 5.48. The van der Waals surface area contributed by atoms with E-state index >= 15 is 0 Å². The van der Waals surface area contributed by atoms with Crippen LogP contribution in [0.4, 0.5) is 0 Å². The Labute approximate surface area is 494 Å². The van der Waals surface area contributed by atoms with E-state index in [4.69, 9.17) is 4.74 Å². The predicted octanol–water partition coefficient (Wildman–Crippen LogP) is 23.1. The number of rotatable bonds is 67. The molecule has 0 fully saturated rings. The van der Waals surface area contributed by atoms with Crippen LogP contribution in [0.3, 0.4) is 0 Å². The van der Waals surface area contributed by atoms with Gasteiger partial charge in [-0.2, -0.15) is 0 Å². The average molecular weight is 1110 g/mol. The molecule has 0 spiro atoms. The summed E-state index contributed by atoms with van der Waals surface area (Å²) in [5.41, 5.74) is 0. The van der Waals surface area contributed by atoms with Crippen molar-refractivity contribution in [3.05, 3.63) is 36.5 Å². The van der Waals surface area contributed by atoms with E-state index in [1.54, 1.807) is 6.08 Å². The fourth-order valence-corrected chi connectivity index (χ4v) is 11.2. The molecule has 0 heterocycles. The molecule has 1 amide bonds. The maximum absolute atomic E-state index is 12.5. The summed E-state index contributed by atoms with van der Waals surface area (Å²) in [6.45, 7) is 4.93. The van der Waals surface area contributed by atoms with Crippen molar-refractivity contribution in [1.82, 2.24) is 5.32 Å². The number of aliphatic hydroxyl groups excluding tert-OH is 2. The van der Waals surface area contributed by atoms with Gasteiger partial charge in [-0.25, -0.2) is 0 Å². The Kier molecular flexibility index (Phi) is 66.9. The molecule has 0 aromatic heterocycles. The van der Waals surface area contributed by atoms with Crippen molar-refractivity contribution in [1.29, 1.82) is 0 Å². The van der Waals surface area contributed by atoms with Gasteiger partial charge in [-0.3, -0.25) is 9.59 Å². The molecule has 0 bridgehead atoms. The number of nitrogens with one attached hydrogen (secondary N) is 1. The first-order valence-electron chi connectivity index (χ1n) is 35.8. The number of ether oxygens (including phenoxy) is 1. The Bertz CT molecular complexity index is 1280. The van der Waals surface area contributed by atoms with Gasteiger partial charge in [0.05, 0.1) is 25.4 Å². The molecule has 0 aliphatic carbocycles. The summed E-state index contributed by atoms with van der Waals surface area (Å²) in [5.74, 6) is -0.0525. The van der Waals surface area contributed by atoms with Gasteiger partial charge in [0.1, 0.15) is 0 Å². The van der Waals surface area contributed by atoms with Crippen LogP contribution in [0.15, 0.2) is 36.5 Å². The number of amides is 1. The van der Waals surface area contributed by atoms with Crippen molar-refractivity contribution < 1.29 is 24.5 Å². The summed E-state index contributed by atoms with van der Waals surface area (Å²) in [7, 11) is 0. The van der Waals surface area contributed by atoms with Gasteiger partial charge in [0, 0.05) is 12.8 Å². The number of unbranched alkanes of at least 4 members (excludes halogenated alkanes) is 52. The zero-order chi connectivity index (χ0) is 57.1. The molecule has 0 aromatic rings. The second-order valence-corrected chi connectivity index (χ2v) is 24.6. The van der Waals surface area contributed by atoms with Crippen LogP contribution in [-0.2, 0) is 14.3 Å². The Hall–Kier alpha value is -1.92. The van der Waals surface area contributed by atoms with Crippen LogP contribution in [0.1, 0.15) is 393 Å². The van der Waals surface area contributed by atoms with Crippen LogP contribution < -0.4 is 5.32 Å². The maximum atomic E-state index is 12.5. The van der Waals surface area contributed by atoms with Crippen molar-refractivity contribution >= 4 is 11.9 Å². The van der Waals surface area contributed by atoms with Crippen LogP contribution in [-0.4, -0.2) is 47.4 Å². The highest BCUT2D eigenvalue weighted by atomic mass is 16.5. The lowest BCUT2D eigenvalue weighted by atomic mass is 10.0. The van der Waals surface area contributed by atoms with E-state index in [9.17, 15) is 19.8 Å². The zero-order valence-electron chi connectivity index (χ0n) is 53.4. The van der Waals surface area contributed by atoms with Crippen LogP contribution in [0.25, 0.3) is 0 Å². The molecule has 0 saturated heterocycles. The minimum absolute atomic E-state index is 0.0128. The molecule has 0 rings (SSSR count). The number of carbonyl (C=O) groups is 2. The van der Waals surface area contributed by atoms with Gasteiger partial charge in [-0.1, -0.05) is 352 Å². The second kappa shape index (κ2) is 68.6. The zero-order valence-corrected chi connectivity index (χ0v) is 53.4. The normalized spacial score (nSPS) is 12.7. The quantitative estimate of drug-likeness (QED) is 0.0320. The standard InChI is InChI=1S/C73H139NO5/c1-3-5-7-9-11-13-15-17-18-19-20-30-33-36-39-42-45-49-53-57-61-65-71(76)70(69-75)74-72(77)66-62-58-54-50-46-43-40-37-34-31-28-26-24-22-21-23-25-27-29-32-35-38-41-44-48-52-56-60-64-68-79-73(78)67-63-59-55-51-47-16-14-12-10-8-6-4-2/h21,23,27,29,61,65,70-71,75-76H,3-20,22,24-26,28,30-60,62-64,66-69H2,1-2H3,(H,74,77)/b23-21-,29-27-,65-61+. The highest BCUT2D eigenvalue weighted by molar-refractivity contribution is 5.76. The van der Waals surface area contributed by atoms with E-state index in [1.165, 1.54) is 321 Å². The third-order valence-electron chi connectivity index (χ3n) is 16.7. The number of carbonyl (C=O) groups excluding carboxylic acids is 2. The SMILES string of the molecule is CCCCCCCCCCCCCCCCCCCCC/C=C/C(O)C(CO)NC(=O)CCCCCCCCCCCCCCC/C=C\C/C=C\CCCCCCCCCCCOC(=O)CCCCCCCCCCCCCC. The number of hydrogen-bond donors (Lipinski definition) is 3. The van der Waals surface area contributed by atoms with Gasteiger partial charge in [-0.05, 0) is 64.2 Å². The molecule has 2 atom stereocenters. The molecule has 0 aliphatic heterocycles. The Morgan fingerprint density at radius 2 is 0.633 bits per heavy atom. The van der Waals surface area contributed by atoms with Gasteiger partial charge in [0.25, 0.3) is 0 Å². The number of aliphatic hydroxyl groups is 2. The molecule has 3 N–H and O–H groups in total. The number of esters is 1. The van der Waals surface area contributed by atoms with E-state index in [2.05, 4.69) is 43.5 Å². The number of allylic oxidation sites excluding steroid dienone is 5. The van der Waals surface area contributed by atoms with Gasteiger partial charge >= 0.3 is 5.97 Å². The molecular formula is C73H139NO5. The lowest BCUT2D eigenvalue weighted by Gasteiger charge is -2.20. The molecule has 0 aromatic carbocycles. The first-order valence-corrected chi connectivity index (χ1v) is 35.8. The summed E-state index contributed by atoms with van der Waals surface area (Å²) in [6, 6.07) is -0.630. The smallest absolute Gasteiger partial charge is 0.305 e. The van der Waals surface area contributed by atoms with Crippen LogP contribution in [0.2, 0.25) is 0 Å². The molecule has 6 nitrogen and oxygen atoms in total. The van der Waals surface area contributed by atoms with E-state index in [0.29, 0.717) is 19.4 Å². The highest BCUT2D eigenvalue weighted by Gasteiger charge is 2.18. The Balaban J connectivity index is 3.43. The molecule has 0 aliphatic rings. The van der Waals surface area contributed by atoms with Crippen molar-refractivity contribution in [3.63, 3.8) is 0 Å². The second-order valence-electron chi connectivity index (χ2n) is 24.6. The van der Waals surface area contributed by atoms with Crippen molar-refractivity contribution in [2.45, 2.75) is 405 Å². The maximum Gasteiger partial charge on any atom is 0.305 e. The third kappa shape index (κ3) is 65.1. The summed E-state index contributed by atoms with van der Waals surface area (Å²) >= 11 is 0.